The van der Waals surface area contributed by atoms with Crippen LogP contribution in [0.15, 0.2) is 56.9 Å². The smallest absolute Gasteiger partial charge is 0.267 e. The maximum absolute atomic E-state index is 12.7. The van der Waals surface area contributed by atoms with Crippen molar-refractivity contribution < 1.29 is 8.42 Å². The summed E-state index contributed by atoms with van der Waals surface area (Å²) in [6.07, 6.45) is 0. The fourth-order valence-electron chi connectivity index (χ4n) is 3.05. The van der Waals surface area contributed by atoms with E-state index in [9.17, 15) is 18.0 Å². The van der Waals surface area contributed by atoms with Crippen LogP contribution in [0.2, 0.25) is 0 Å². The van der Waals surface area contributed by atoms with Gasteiger partial charge in [-0.25, -0.2) is 17.8 Å². The van der Waals surface area contributed by atoms with Crippen molar-refractivity contribution in [2.45, 2.75) is 18.0 Å². The average molecular weight is 363 g/mol. The number of fused-ring (bicyclic) bond motifs is 3. The van der Waals surface area contributed by atoms with Gasteiger partial charge in [0.15, 0.2) is 0 Å². The molecule has 4 rings (SSSR count). The minimum Gasteiger partial charge on any atom is -0.267 e. The van der Waals surface area contributed by atoms with Gasteiger partial charge in [0, 0.05) is 10.7 Å². The summed E-state index contributed by atoms with van der Waals surface area (Å²) in [5.74, 6) is 0. The molecule has 24 heavy (non-hydrogen) atoms. The topological polar surface area (TPSA) is 78.1 Å². The lowest BCUT2D eigenvalue weighted by atomic mass is 10.1. The molecule has 0 unspecified atom stereocenters. The molecule has 0 bridgehead atoms. The maximum Gasteiger partial charge on any atom is 0.273 e. The number of rotatable bonds is 1. The molecule has 0 saturated heterocycles. The summed E-state index contributed by atoms with van der Waals surface area (Å²) >= 11 is 0. The van der Waals surface area contributed by atoms with E-state index < -0.39 is 9.05 Å². The van der Waals surface area contributed by atoms with Crippen LogP contribution in [0.1, 0.15) is 11.1 Å². The van der Waals surface area contributed by atoms with Crippen LogP contribution in [0.3, 0.4) is 0 Å². The van der Waals surface area contributed by atoms with E-state index in [1.54, 1.807) is 30.3 Å². The van der Waals surface area contributed by atoms with Gasteiger partial charge in [-0.15, -0.1) is 0 Å². The Morgan fingerprint density at radius 2 is 1.38 bits per heavy atom. The third-order valence-corrected chi connectivity index (χ3v) is 5.60. The van der Waals surface area contributed by atoms with Gasteiger partial charge in [0.05, 0.1) is 28.8 Å². The number of hydrogen-bond acceptors (Lipinski definition) is 4. The quantitative estimate of drug-likeness (QED) is 0.481. The predicted molar refractivity (Wildman–Crippen MR) is 90.2 cm³/mol. The monoisotopic (exact) mass is 362 g/mol. The zero-order valence-corrected chi connectivity index (χ0v) is 13.8. The highest BCUT2D eigenvalue weighted by Crippen LogP contribution is 2.23. The first-order valence-electron chi connectivity index (χ1n) is 7.15. The van der Waals surface area contributed by atoms with Crippen LogP contribution in [0, 0.1) is 0 Å². The van der Waals surface area contributed by atoms with E-state index in [0.29, 0.717) is 16.3 Å². The maximum atomic E-state index is 12.7. The molecule has 0 saturated carbocycles. The zero-order chi connectivity index (χ0) is 17.1. The van der Waals surface area contributed by atoms with Crippen molar-refractivity contribution in [2.24, 2.45) is 0 Å². The van der Waals surface area contributed by atoms with Crippen LogP contribution in [0.25, 0.3) is 10.8 Å². The predicted octanol–water partition coefficient (Wildman–Crippen LogP) is 1.50. The van der Waals surface area contributed by atoms with E-state index in [4.69, 9.17) is 10.7 Å². The van der Waals surface area contributed by atoms with Crippen LogP contribution in [0.5, 0.6) is 0 Å². The van der Waals surface area contributed by atoms with Gasteiger partial charge in [0.1, 0.15) is 0 Å². The van der Waals surface area contributed by atoms with E-state index in [1.807, 2.05) is 0 Å². The first-order chi connectivity index (χ1) is 11.4. The second-order valence-corrected chi connectivity index (χ2v) is 8.21. The molecule has 0 fully saturated rings. The Labute approximate surface area is 140 Å². The van der Waals surface area contributed by atoms with Gasteiger partial charge in [-0.1, -0.05) is 18.2 Å². The Hall–Kier alpha value is -2.38. The number of halogens is 1. The SMILES string of the molecule is O=c1c2ccccc2c(=O)n2n1Cc1ccc(S(=O)(=O)Cl)cc1C2. The molecule has 1 aliphatic rings. The minimum absolute atomic E-state index is 0.0208. The Bertz CT molecular complexity index is 1230. The summed E-state index contributed by atoms with van der Waals surface area (Å²) < 4.78 is 25.7. The summed E-state index contributed by atoms with van der Waals surface area (Å²) in [7, 11) is 1.53. The molecule has 1 aromatic heterocycles. The Kier molecular flexibility index (Phi) is 3.20. The molecule has 0 aliphatic carbocycles. The van der Waals surface area contributed by atoms with Crippen LogP contribution in [0.4, 0.5) is 0 Å². The highest BCUT2D eigenvalue weighted by Gasteiger charge is 2.21. The van der Waals surface area contributed by atoms with Crippen molar-refractivity contribution in [3.63, 3.8) is 0 Å². The molecule has 3 aromatic rings. The first kappa shape index (κ1) is 15.2. The average Bonchev–Trinajstić information content (AvgIpc) is 2.57. The highest BCUT2D eigenvalue weighted by molar-refractivity contribution is 8.13. The lowest BCUT2D eigenvalue weighted by Crippen LogP contribution is -2.42. The van der Waals surface area contributed by atoms with Crippen molar-refractivity contribution in [3.8, 4) is 0 Å². The molecule has 0 atom stereocenters. The summed E-state index contributed by atoms with van der Waals surface area (Å²) in [6.45, 7) is 0.325. The van der Waals surface area contributed by atoms with E-state index in [1.165, 1.54) is 21.5 Å². The van der Waals surface area contributed by atoms with Crippen molar-refractivity contribution in [1.82, 2.24) is 9.36 Å². The second-order valence-electron chi connectivity index (χ2n) is 5.64. The molecule has 0 N–H and O–H groups in total. The second kappa shape index (κ2) is 5.06. The number of benzene rings is 2. The van der Waals surface area contributed by atoms with Crippen LogP contribution in [-0.4, -0.2) is 17.8 Å². The molecule has 0 amide bonds. The lowest BCUT2D eigenvalue weighted by Gasteiger charge is -2.24. The third kappa shape index (κ3) is 2.20. The molecular weight excluding hydrogens is 352 g/mol. The van der Waals surface area contributed by atoms with Gasteiger partial charge >= 0.3 is 0 Å². The van der Waals surface area contributed by atoms with Gasteiger partial charge in [-0.3, -0.25) is 9.59 Å². The fourth-order valence-corrected chi connectivity index (χ4v) is 3.85. The van der Waals surface area contributed by atoms with Crippen LogP contribution < -0.4 is 11.1 Å². The summed E-state index contributed by atoms with van der Waals surface area (Å²) in [4.78, 5) is 25.3. The van der Waals surface area contributed by atoms with Crippen molar-refractivity contribution in [1.29, 1.82) is 0 Å². The van der Waals surface area contributed by atoms with Crippen LogP contribution in [-0.2, 0) is 22.1 Å². The van der Waals surface area contributed by atoms with Crippen molar-refractivity contribution in [3.05, 3.63) is 74.3 Å². The van der Waals surface area contributed by atoms with Gasteiger partial charge in [0.25, 0.3) is 20.2 Å². The molecule has 2 heterocycles. The molecular formula is C16H11ClN2O4S. The third-order valence-electron chi connectivity index (χ3n) is 4.25. The summed E-state index contributed by atoms with van der Waals surface area (Å²) in [6, 6.07) is 11.1. The Morgan fingerprint density at radius 3 is 1.92 bits per heavy atom. The van der Waals surface area contributed by atoms with E-state index in [-0.39, 0.29) is 29.1 Å². The largest absolute Gasteiger partial charge is 0.273 e. The molecule has 8 heteroatoms. The van der Waals surface area contributed by atoms with Crippen molar-refractivity contribution in [2.75, 3.05) is 0 Å². The highest BCUT2D eigenvalue weighted by atomic mass is 35.7. The van der Waals surface area contributed by atoms with Gasteiger partial charge in [0.2, 0.25) is 0 Å². The number of nitrogens with zero attached hydrogens (tertiary/aromatic N) is 2. The van der Waals surface area contributed by atoms with Gasteiger partial charge in [-0.2, -0.15) is 0 Å². The molecule has 0 spiro atoms. The van der Waals surface area contributed by atoms with Crippen LogP contribution >= 0.6 is 10.7 Å². The number of aromatic nitrogens is 2. The summed E-state index contributed by atoms with van der Waals surface area (Å²) in [5.41, 5.74) is 0.921. The standard InChI is InChI=1S/C16H11ClN2O4S/c17-24(22,23)12-6-5-10-8-18-15(20)13-3-1-2-4-14(13)16(21)19(18)9-11(10)7-12/h1-7H,8-9H2. The number of hydrogen-bond donors (Lipinski definition) is 0. The summed E-state index contributed by atoms with van der Waals surface area (Å²) in [5, 5.41) is 0.727. The molecule has 0 radical (unpaired) electrons. The normalized spacial score (nSPS) is 13.5. The Morgan fingerprint density at radius 1 is 0.833 bits per heavy atom. The van der Waals surface area contributed by atoms with E-state index in [2.05, 4.69) is 0 Å². The zero-order valence-electron chi connectivity index (χ0n) is 12.3. The molecule has 2 aromatic carbocycles. The lowest BCUT2D eigenvalue weighted by molar-refractivity contribution is 0.444. The van der Waals surface area contributed by atoms with Crippen molar-refractivity contribution >= 4 is 30.5 Å². The molecule has 1 aliphatic heterocycles. The van der Waals surface area contributed by atoms with E-state index in [0.717, 1.165) is 5.56 Å². The van der Waals surface area contributed by atoms with Gasteiger partial charge in [-0.05, 0) is 35.4 Å². The molecule has 6 nitrogen and oxygen atoms in total. The van der Waals surface area contributed by atoms with Gasteiger partial charge < -0.3 is 0 Å². The van der Waals surface area contributed by atoms with E-state index >= 15 is 0 Å². The first-order valence-corrected chi connectivity index (χ1v) is 9.46. The fraction of sp³-hybridized carbons (Fsp3) is 0.125. The molecule has 122 valence electrons. The minimum atomic E-state index is -3.85. The Balaban J connectivity index is 1.98.